The van der Waals surface area contributed by atoms with E-state index in [1.165, 1.54) is 6.20 Å². The number of benzene rings is 1. The molecule has 1 aromatic heterocycles. The van der Waals surface area contributed by atoms with Gasteiger partial charge in [-0.15, -0.1) is 0 Å². The van der Waals surface area contributed by atoms with Crippen molar-refractivity contribution in [3.05, 3.63) is 40.3 Å². The molecule has 0 atom stereocenters. The number of rotatable bonds is 6. The molecule has 0 unspecified atom stereocenters. The van der Waals surface area contributed by atoms with Crippen LogP contribution in [0.25, 0.3) is 11.3 Å². The fourth-order valence-electron chi connectivity index (χ4n) is 2.71. The van der Waals surface area contributed by atoms with Gasteiger partial charge in [0.1, 0.15) is 5.54 Å². The molecule has 25 heavy (non-hydrogen) atoms. The number of hydrogen-bond donors (Lipinski definition) is 2. The van der Waals surface area contributed by atoms with Crippen LogP contribution in [-0.4, -0.2) is 27.5 Å². The van der Waals surface area contributed by atoms with E-state index >= 15 is 0 Å². The van der Waals surface area contributed by atoms with Gasteiger partial charge in [-0.1, -0.05) is 23.2 Å². The second kappa shape index (κ2) is 7.06. The summed E-state index contributed by atoms with van der Waals surface area (Å²) >= 11 is 12.0. The van der Waals surface area contributed by atoms with E-state index in [0.717, 1.165) is 6.42 Å². The van der Waals surface area contributed by atoms with Gasteiger partial charge < -0.3 is 14.8 Å². The first-order valence-corrected chi connectivity index (χ1v) is 8.60. The van der Waals surface area contributed by atoms with Gasteiger partial charge in [0.15, 0.2) is 11.7 Å². The highest BCUT2D eigenvalue weighted by Gasteiger charge is 2.45. The Kier molecular flexibility index (Phi) is 5.01. The van der Waals surface area contributed by atoms with Crippen LogP contribution < -0.4 is 5.32 Å². The smallest absolute Gasteiger partial charge is 0.329 e. The first-order valence-electron chi connectivity index (χ1n) is 7.84. The zero-order chi connectivity index (χ0) is 18.0. The summed E-state index contributed by atoms with van der Waals surface area (Å²) in [5, 5.41) is 12.8. The maximum absolute atomic E-state index is 12.0. The third-order valence-corrected chi connectivity index (χ3v) is 4.86. The Bertz CT molecular complexity index is 815. The lowest BCUT2D eigenvalue weighted by atomic mass is 9.76. The van der Waals surface area contributed by atoms with E-state index in [2.05, 4.69) is 10.3 Å². The number of halogens is 2. The van der Waals surface area contributed by atoms with Gasteiger partial charge in [-0.3, -0.25) is 4.79 Å². The number of carboxylic acids is 1. The molecular formula is C17H16Cl2N2O4. The Labute approximate surface area is 154 Å². The predicted octanol–water partition coefficient (Wildman–Crippen LogP) is 3.70. The summed E-state index contributed by atoms with van der Waals surface area (Å²) in [6.45, 7) is 0. The van der Waals surface area contributed by atoms with Crippen LogP contribution in [0.5, 0.6) is 0 Å². The SMILES string of the molecule is O=C(CCc1ncc(-c2ccc(Cl)cc2Cl)o1)NC1(C(=O)O)CCC1. The van der Waals surface area contributed by atoms with Crippen molar-refractivity contribution >= 4 is 35.1 Å². The molecule has 1 amide bonds. The van der Waals surface area contributed by atoms with Crippen molar-refractivity contribution in [1.29, 1.82) is 0 Å². The molecule has 1 aliphatic carbocycles. The van der Waals surface area contributed by atoms with Gasteiger partial charge in [0.2, 0.25) is 5.91 Å². The van der Waals surface area contributed by atoms with E-state index in [1.807, 2.05) is 0 Å². The number of amides is 1. The Morgan fingerprint density at radius 3 is 2.68 bits per heavy atom. The summed E-state index contributed by atoms with van der Waals surface area (Å²) in [5.74, 6) is -0.443. The van der Waals surface area contributed by atoms with Gasteiger partial charge >= 0.3 is 5.97 Å². The number of oxazole rings is 1. The monoisotopic (exact) mass is 382 g/mol. The van der Waals surface area contributed by atoms with Crippen molar-refractivity contribution in [3.8, 4) is 11.3 Å². The maximum atomic E-state index is 12.0. The Hall–Kier alpha value is -2.05. The van der Waals surface area contributed by atoms with Crippen molar-refractivity contribution in [2.45, 2.75) is 37.6 Å². The van der Waals surface area contributed by atoms with Gasteiger partial charge in [0, 0.05) is 23.4 Å². The van der Waals surface area contributed by atoms with Crippen LogP contribution in [0.3, 0.4) is 0 Å². The van der Waals surface area contributed by atoms with Crippen LogP contribution in [0.1, 0.15) is 31.6 Å². The quantitative estimate of drug-likeness (QED) is 0.794. The van der Waals surface area contributed by atoms with E-state index in [1.54, 1.807) is 18.2 Å². The molecule has 8 heteroatoms. The van der Waals surface area contributed by atoms with Gasteiger partial charge in [-0.05, 0) is 37.5 Å². The predicted molar refractivity (Wildman–Crippen MR) is 92.6 cm³/mol. The molecule has 1 aliphatic rings. The fourth-order valence-corrected chi connectivity index (χ4v) is 3.21. The summed E-state index contributed by atoms with van der Waals surface area (Å²) < 4.78 is 5.62. The van der Waals surface area contributed by atoms with Gasteiger partial charge in [0.05, 0.1) is 11.2 Å². The molecule has 2 aromatic rings. The lowest BCUT2D eigenvalue weighted by Crippen LogP contribution is -2.59. The van der Waals surface area contributed by atoms with Crippen LogP contribution in [0.15, 0.2) is 28.8 Å². The zero-order valence-electron chi connectivity index (χ0n) is 13.2. The Morgan fingerprint density at radius 2 is 2.08 bits per heavy atom. The molecule has 0 bridgehead atoms. The van der Waals surface area contributed by atoms with Crippen LogP contribution in [0.4, 0.5) is 0 Å². The number of carbonyl (C=O) groups excluding carboxylic acids is 1. The van der Waals surface area contributed by atoms with Crippen LogP contribution >= 0.6 is 23.2 Å². The van der Waals surface area contributed by atoms with Crippen LogP contribution in [0.2, 0.25) is 10.0 Å². The number of nitrogens with zero attached hydrogens (tertiary/aromatic N) is 1. The van der Waals surface area contributed by atoms with E-state index in [9.17, 15) is 14.7 Å². The van der Waals surface area contributed by atoms with Crippen LogP contribution in [-0.2, 0) is 16.0 Å². The third-order valence-electron chi connectivity index (χ3n) is 4.31. The number of nitrogens with one attached hydrogen (secondary N) is 1. The normalized spacial score (nSPS) is 15.4. The molecule has 2 N–H and O–H groups in total. The van der Waals surface area contributed by atoms with Crippen molar-refractivity contribution in [2.24, 2.45) is 0 Å². The summed E-state index contributed by atoms with van der Waals surface area (Å²) in [7, 11) is 0. The minimum Gasteiger partial charge on any atom is -0.480 e. The van der Waals surface area contributed by atoms with E-state index in [4.69, 9.17) is 27.6 Å². The molecule has 1 aromatic carbocycles. The molecule has 0 aliphatic heterocycles. The first kappa shape index (κ1) is 17.8. The highest BCUT2D eigenvalue weighted by molar-refractivity contribution is 6.36. The molecule has 1 fully saturated rings. The molecule has 6 nitrogen and oxygen atoms in total. The molecule has 132 valence electrons. The average Bonchev–Trinajstić information content (AvgIpc) is 2.97. The zero-order valence-corrected chi connectivity index (χ0v) is 14.7. The summed E-state index contributed by atoms with van der Waals surface area (Å²) in [6, 6.07) is 5.04. The molecule has 1 saturated carbocycles. The minimum absolute atomic E-state index is 0.101. The Morgan fingerprint density at radius 1 is 1.32 bits per heavy atom. The molecule has 0 radical (unpaired) electrons. The average molecular weight is 383 g/mol. The fraction of sp³-hybridized carbons (Fsp3) is 0.353. The summed E-state index contributed by atoms with van der Waals surface area (Å²) in [6.07, 6.45) is 3.64. The number of carbonyl (C=O) groups is 2. The van der Waals surface area contributed by atoms with E-state index in [-0.39, 0.29) is 18.7 Å². The first-order chi connectivity index (χ1) is 11.9. The molecular weight excluding hydrogens is 367 g/mol. The maximum Gasteiger partial charge on any atom is 0.329 e. The molecule has 3 rings (SSSR count). The largest absolute Gasteiger partial charge is 0.480 e. The van der Waals surface area contributed by atoms with Gasteiger partial charge in [-0.25, -0.2) is 9.78 Å². The lowest BCUT2D eigenvalue weighted by molar-refractivity contribution is -0.151. The second-order valence-electron chi connectivity index (χ2n) is 6.03. The molecule has 1 heterocycles. The molecule has 0 saturated heterocycles. The van der Waals surface area contributed by atoms with Crippen molar-refractivity contribution in [2.75, 3.05) is 0 Å². The highest BCUT2D eigenvalue weighted by atomic mass is 35.5. The van der Waals surface area contributed by atoms with Crippen LogP contribution in [0, 0.1) is 0 Å². The van der Waals surface area contributed by atoms with Gasteiger partial charge in [-0.2, -0.15) is 0 Å². The van der Waals surface area contributed by atoms with Crippen molar-refractivity contribution < 1.29 is 19.1 Å². The third kappa shape index (κ3) is 3.80. The number of aromatic nitrogens is 1. The topological polar surface area (TPSA) is 92.4 Å². The standard InChI is InChI=1S/C17H16Cl2N2O4/c18-10-2-3-11(12(19)8-10)13-9-20-15(25-13)5-4-14(22)21-17(16(23)24)6-1-7-17/h2-3,8-9H,1,4-7H2,(H,21,22)(H,23,24). The second-order valence-corrected chi connectivity index (χ2v) is 6.88. The van der Waals surface area contributed by atoms with Gasteiger partial charge in [0.25, 0.3) is 0 Å². The lowest BCUT2D eigenvalue weighted by Gasteiger charge is -2.38. The summed E-state index contributed by atoms with van der Waals surface area (Å²) in [4.78, 5) is 27.4. The summed E-state index contributed by atoms with van der Waals surface area (Å²) in [5.41, 5.74) is -0.441. The van der Waals surface area contributed by atoms with E-state index in [0.29, 0.717) is 40.1 Å². The van der Waals surface area contributed by atoms with Crippen molar-refractivity contribution in [1.82, 2.24) is 10.3 Å². The molecule has 0 spiro atoms. The van der Waals surface area contributed by atoms with Crippen molar-refractivity contribution in [3.63, 3.8) is 0 Å². The highest BCUT2D eigenvalue weighted by Crippen LogP contribution is 2.32. The van der Waals surface area contributed by atoms with E-state index < -0.39 is 11.5 Å². The number of carboxylic acid groups (broad SMARTS) is 1. The number of aryl methyl sites for hydroxylation is 1. The number of aliphatic carboxylic acids is 1. The Balaban J connectivity index is 1.60. The minimum atomic E-state index is -1.10. The number of hydrogen-bond acceptors (Lipinski definition) is 4.